The Morgan fingerprint density at radius 1 is 1.03 bits per heavy atom. The number of carbonyl (C=O) groups excluding carboxylic acids is 2. The van der Waals surface area contributed by atoms with E-state index in [1.807, 2.05) is 59.2 Å². The molecule has 1 aromatic heterocycles. The largest absolute Gasteiger partial charge is 0.495 e. The number of aromatic nitrogens is 1. The molecule has 0 aliphatic carbocycles. The molecule has 2 aliphatic heterocycles. The third-order valence-corrected chi connectivity index (χ3v) is 6.10. The van der Waals surface area contributed by atoms with Gasteiger partial charge in [-0.25, -0.2) is 4.98 Å². The molecule has 2 aliphatic rings. The van der Waals surface area contributed by atoms with Crippen molar-refractivity contribution in [3.05, 3.63) is 48.7 Å². The van der Waals surface area contributed by atoms with Crippen LogP contribution in [0.5, 0.6) is 5.75 Å². The Balaban J connectivity index is 1.33. The molecule has 2 amide bonds. The number of anilines is 2. The Labute approximate surface area is 183 Å². The van der Waals surface area contributed by atoms with Crippen LogP contribution in [-0.4, -0.2) is 85.6 Å². The fraction of sp³-hybridized carbons (Fsp3) is 0.435. The Morgan fingerprint density at radius 2 is 1.77 bits per heavy atom. The molecule has 0 radical (unpaired) electrons. The number of nitrogens with zero attached hydrogens (tertiary/aromatic N) is 5. The van der Waals surface area contributed by atoms with Crippen molar-refractivity contribution < 1.29 is 14.3 Å². The van der Waals surface area contributed by atoms with E-state index in [1.165, 1.54) is 0 Å². The maximum absolute atomic E-state index is 13.1. The minimum atomic E-state index is -0.363. The fourth-order valence-corrected chi connectivity index (χ4v) is 4.22. The third kappa shape index (κ3) is 4.49. The van der Waals surface area contributed by atoms with Gasteiger partial charge >= 0.3 is 0 Å². The first-order chi connectivity index (χ1) is 15.1. The van der Waals surface area contributed by atoms with E-state index in [2.05, 4.69) is 9.88 Å². The number of carbonyl (C=O) groups is 2. The number of hydrogen-bond donors (Lipinski definition) is 0. The summed E-state index contributed by atoms with van der Waals surface area (Å²) in [4.78, 5) is 38.2. The van der Waals surface area contributed by atoms with Crippen molar-refractivity contribution in [1.29, 1.82) is 0 Å². The van der Waals surface area contributed by atoms with Crippen LogP contribution in [0, 0.1) is 0 Å². The van der Waals surface area contributed by atoms with Crippen LogP contribution in [0.2, 0.25) is 0 Å². The van der Waals surface area contributed by atoms with Crippen LogP contribution in [0.15, 0.2) is 48.7 Å². The van der Waals surface area contributed by atoms with Gasteiger partial charge in [0.05, 0.1) is 25.4 Å². The van der Waals surface area contributed by atoms with E-state index in [-0.39, 0.29) is 24.4 Å². The molecule has 0 spiro atoms. The minimum Gasteiger partial charge on any atom is -0.495 e. The van der Waals surface area contributed by atoms with Crippen molar-refractivity contribution in [2.75, 3.05) is 62.7 Å². The molecule has 8 heteroatoms. The molecule has 8 nitrogen and oxygen atoms in total. The lowest BCUT2D eigenvalue weighted by atomic mass is 10.1. The second-order valence-corrected chi connectivity index (χ2v) is 7.86. The second-order valence-electron chi connectivity index (χ2n) is 7.86. The third-order valence-electron chi connectivity index (χ3n) is 6.10. The van der Waals surface area contributed by atoms with Crippen molar-refractivity contribution in [1.82, 2.24) is 14.8 Å². The van der Waals surface area contributed by atoms with Crippen molar-refractivity contribution >= 4 is 23.3 Å². The Bertz CT molecular complexity index is 914. The maximum Gasteiger partial charge on any atom is 0.244 e. The summed E-state index contributed by atoms with van der Waals surface area (Å²) in [6, 6.07) is 13.0. The summed E-state index contributed by atoms with van der Waals surface area (Å²) in [5, 5.41) is 0. The Morgan fingerprint density at radius 3 is 2.48 bits per heavy atom. The molecule has 1 aromatic carbocycles. The maximum atomic E-state index is 13.1. The normalized spacial score (nSPS) is 20.1. The molecule has 2 aromatic rings. The number of para-hydroxylation sites is 2. The lowest BCUT2D eigenvalue weighted by molar-refractivity contribution is -0.135. The number of piperazine rings is 2. The summed E-state index contributed by atoms with van der Waals surface area (Å²) in [7, 11) is 1.61. The lowest BCUT2D eigenvalue weighted by Gasteiger charge is -2.41. The summed E-state index contributed by atoms with van der Waals surface area (Å²) in [5.74, 6) is 1.69. The molecular formula is C23H29N5O3. The van der Waals surface area contributed by atoms with Gasteiger partial charge < -0.3 is 19.4 Å². The summed E-state index contributed by atoms with van der Waals surface area (Å²) < 4.78 is 5.42. The molecule has 1 unspecified atom stereocenters. The van der Waals surface area contributed by atoms with Gasteiger partial charge in [-0.3, -0.25) is 14.5 Å². The number of pyridine rings is 1. The SMILES string of the molecule is COc1ccccc1N1CCN(CC(=O)N2CCN(c3ccccn3)CC2)C(C)C1=O. The number of hydrogen-bond acceptors (Lipinski definition) is 6. The first-order valence-electron chi connectivity index (χ1n) is 10.7. The Hall–Kier alpha value is -3.13. The first kappa shape index (κ1) is 21.1. The highest BCUT2D eigenvalue weighted by Gasteiger charge is 2.35. The summed E-state index contributed by atoms with van der Waals surface area (Å²) in [5.41, 5.74) is 0.776. The number of methoxy groups -OCH3 is 1. The predicted octanol–water partition coefficient (Wildman–Crippen LogP) is 1.48. The van der Waals surface area contributed by atoms with E-state index >= 15 is 0 Å². The van der Waals surface area contributed by atoms with Crippen LogP contribution in [0.4, 0.5) is 11.5 Å². The number of rotatable bonds is 5. The van der Waals surface area contributed by atoms with E-state index in [0.29, 0.717) is 31.9 Å². The molecule has 0 saturated carbocycles. The van der Waals surface area contributed by atoms with Gasteiger partial charge in [0.2, 0.25) is 11.8 Å². The standard InChI is InChI=1S/C23H29N5O3/c1-18-23(30)28(19-7-3-4-8-20(19)31-2)16-15-27(18)17-22(29)26-13-11-25(12-14-26)21-9-5-6-10-24-21/h3-10,18H,11-17H2,1-2H3. The lowest BCUT2D eigenvalue weighted by Crippen LogP contribution is -2.59. The monoisotopic (exact) mass is 423 g/mol. The molecule has 0 bridgehead atoms. The van der Waals surface area contributed by atoms with E-state index in [9.17, 15) is 9.59 Å². The average Bonchev–Trinajstić information content (AvgIpc) is 2.83. The van der Waals surface area contributed by atoms with E-state index in [1.54, 1.807) is 18.2 Å². The molecule has 1 atom stereocenters. The predicted molar refractivity (Wildman–Crippen MR) is 119 cm³/mol. The van der Waals surface area contributed by atoms with Gasteiger partial charge in [-0.15, -0.1) is 0 Å². The molecule has 164 valence electrons. The van der Waals surface area contributed by atoms with Crippen LogP contribution < -0.4 is 14.5 Å². The quantitative estimate of drug-likeness (QED) is 0.726. The first-order valence-corrected chi connectivity index (χ1v) is 10.7. The van der Waals surface area contributed by atoms with Crippen LogP contribution in [0.1, 0.15) is 6.92 Å². The molecule has 2 fully saturated rings. The fourth-order valence-electron chi connectivity index (χ4n) is 4.22. The topological polar surface area (TPSA) is 69.2 Å². The van der Waals surface area contributed by atoms with Crippen LogP contribution in [-0.2, 0) is 9.59 Å². The summed E-state index contributed by atoms with van der Waals surface area (Å²) >= 11 is 0. The van der Waals surface area contributed by atoms with E-state index in [0.717, 1.165) is 24.6 Å². The van der Waals surface area contributed by atoms with Gasteiger partial charge in [-0.05, 0) is 31.2 Å². The molecule has 3 heterocycles. The highest BCUT2D eigenvalue weighted by Crippen LogP contribution is 2.30. The van der Waals surface area contributed by atoms with Gasteiger partial charge in [-0.2, -0.15) is 0 Å². The van der Waals surface area contributed by atoms with Crippen molar-refractivity contribution in [2.45, 2.75) is 13.0 Å². The van der Waals surface area contributed by atoms with E-state index < -0.39 is 0 Å². The molecule has 31 heavy (non-hydrogen) atoms. The number of ether oxygens (including phenoxy) is 1. The van der Waals surface area contributed by atoms with Gasteiger partial charge in [0.25, 0.3) is 0 Å². The number of amides is 2. The van der Waals surface area contributed by atoms with Gasteiger partial charge in [-0.1, -0.05) is 18.2 Å². The highest BCUT2D eigenvalue weighted by atomic mass is 16.5. The van der Waals surface area contributed by atoms with E-state index in [4.69, 9.17) is 4.74 Å². The molecule has 4 rings (SSSR count). The summed E-state index contributed by atoms with van der Waals surface area (Å²) in [6.07, 6.45) is 1.79. The van der Waals surface area contributed by atoms with Crippen LogP contribution in [0.25, 0.3) is 0 Å². The highest BCUT2D eigenvalue weighted by molar-refractivity contribution is 5.99. The molecular weight excluding hydrogens is 394 g/mol. The van der Waals surface area contributed by atoms with Crippen molar-refractivity contribution in [3.63, 3.8) is 0 Å². The number of benzene rings is 1. The van der Waals surface area contributed by atoms with Gasteiger partial charge in [0.15, 0.2) is 0 Å². The van der Waals surface area contributed by atoms with Crippen LogP contribution >= 0.6 is 0 Å². The average molecular weight is 424 g/mol. The zero-order valence-corrected chi connectivity index (χ0v) is 18.1. The van der Waals surface area contributed by atoms with Crippen LogP contribution in [0.3, 0.4) is 0 Å². The minimum absolute atomic E-state index is 0.0106. The zero-order chi connectivity index (χ0) is 21.8. The second kappa shape index (κ2) is 9.34. The van der Waals surface area contributed by atoms with Crippen molar-refractivity contribution in [3.8, 4) is 5.75 Å². The zero-order valence-electron chi connectivity index (χ0n) is 18.1. The smallest absolute Gasteiger partial charge is 0.244 e. The molecule has 0 N–H and O–H groups in total. The Kier molecular flexibility index (Phi) is 6.36. The van der Waals surface area contributed by atoms with Gasteiger partial charge in [0.1, 0.15) is 11.6 Å². The molecule has 2 saturated heterocycles. The van der Waals surface area contributed by atoms with Crippen molar-refractivity contribution in [2.24, 2.45) is 0 Å². The van der Waals surface area contributed by atoms with Gasteiger partial charge in [0, 0.05) is 45.5 Å². The summed E-state index contributed by atoms with van der Waals surface area (Å²) in [6.45, 7) is 6.16.